The second-order valence-electron chi connectivity index (χ2n) is 5.27. The molecule has 0 aromatic heterocycles. The molecule has 0 aliphatic heterocycles. The summed E-state index contributed by atoms with van der Waals surface area (Å²) in [5.41, 5.74) is 0.678. The van der Waals surface area contributed by atoms with Crippen LogP contribution < -0.4 is 5.32 Å². The number of carbonyl (C=O) groups is 1. The van der Waals surface area contributed by atoms with Crippen molar-refractivity contribution in [3.63, 3.8) is 0 Å². The number of phenols is 1. The van der Waals surface area contributed by atoms with Gasteiger partial charge in [-0.1, -0.05) is 29.8 Å². The zero-order valence-corrected chi connectivity index (χ0v) is 13.2. The van der Waals surface area contributed by atoms with E-state index in [9.17, 15) is 19.4 Å². The first-order valence-corrected chi connectivity index (χ1v) is 7.45. The summed E-state index contributed by atoms with van der Waals surface area (Å²) in [6, 6.07) is 9.67. The van der Waals surface area contributed by atoms with E-state index in [2.05, 4.69) is 5.32 Å². The number of halogens is 2. The van der Waals surface area contributed by atoms with Crippen molar-refractivity contribution >= 4 is 17.5 Å². The molecule has 4 nitrogen and oxygen atoms in total. The molecule has 23 heavy (non-hydrogen) atoms. The minimum absolute atomic E-state index is 0.0897. The zero-order valence-electron chi connectivity index (χ0n) is 12.5. The molecular formula is C17H17ClFNO3. The number of hydrogen-bond donors (Lipinski definition) is 3. The van der Waals surface area contributed by atoms with Gasteiger partial charge in [-0.15, -0.1) is 0 Å². The maximum Gasteiger partial charge on any atom is 0.224 e. The Bertz CT molecular complexity index is 670. The Kier molecular flexibility index (Phi) is 5.58. The van der Waals surface area contributed by atoms with Gasteiger partial charge in [0, 0.05) is 10.6 Å². The van der Waals surface area contributed by atoms with Gasteiger partial charge in [0.2, 0.25) is 5.91 Å². The van der Waals surface area contributed by atoms with Crippen LogP contribution in [0.3, 0.4) is 0 Å². The Morgan fingerprint density at radius 3 is 2.52 bits per heavy atom. The largest absolute Gasteiger partial charge is 0.508 e. The van der Waals surface area contributed by atoms with Crippen molar-refractivity contribution in [3.8, 4) is 5.75 Å². The van der Waals surface area contributed by atoms with E-state index in [1.165, 1.54) is 30.3 Å². The van der Waals surface area contributed by atoms with E-state index in [4.69, 9.17) is 11.6 Å². The summed E-state index contributed by atoms with van der Waals surface area (Å²) >= 11 is 5.89. The summed E-state index contributed by atoms with van der Waals surface area (Å²) in [5, 5.41) is 22.3. The summed E-state index contributed by atoms with van der Waals surface area (Å²) in [6.07, 6.45) is -1.16. The Labute approximate surface area is 138 Å². The number of phenolic OH excluding ortho intramolecular Hbond substituents is 1. The summed E-state index contributed by atoms with van der Waals surface area (Å²) in [6.45, 7) is 1.64. The quantitative estimate of drug-likeness (QED) is 0.785. The molecule has 0 saturated carbocycles. The number of rotatable bonds is 5. The highest BCUT2D eigenvalue weighted by molar-refractivity contribution is 6.31. The lowest BCUT2D eigenvalue weighted by molar-refractivity contribution is -0.121. The van der Waals surface area contributed by atoms with Crippen molar-refractivity contribution in [3.05, 3.63) is 64.4 Å². The molecule has 0 spiro atoms. The fraction of sp³-hybridized carbons (Fsp3) is 0.235. The van der Waals surface area contributed by atoms with Crippen LogP contribution >= 0.6 is 11.6 Å². The van der Waals surface area contributed by atoms with Gasteiger partial charge in [0.05, 0.1) is 18.6 Å². The van der Waals surface area contributed by atoms with E-state index in [0.717, 1.165) is 0 Å². The van der Waals surface area contributed by atoms with Crippen LogP contribution in [-0.2, 0) is 11.2 Å². The Morgan fingerprint density at radius 2 is 1.91 bits per heavy atom. The second-order valence-corrected chi connectivity index (χ2v) is 5.68. The van der Waals surface area contributed by atoms with Gasteiger partial charge in [-0.25, -0.2) is 4.39 Å². The van der Waals surface area contributed by atoms with Gasteiger partial charge in [0.15, 0.2) is 0 Å². The number of aromatic hydroxyl groups is 1. The van der Waals surface area contributed by atoms with Crippen LogP contribution in [0.1, 0.15) is 24.2 Å². The lowest BCUT2D eigenvalue weighted by Crippen LogP contribution is -2.38. The molecule has 3 N–H and O–H groups in total. The molecule has 2 atom stereocenters. The van der Waals surface area contributed by atoms with E-state index in [0.29, 0.717) is 5.56 Å². The van der Waals surface area contributed by atoms with Gasteiger partial charge in [-0.05, 0) is 36.8 Å². The van der Waals surface area contributed by atoms with Crippen molar-refractivity contribution in [2.24, 2.45) is 0 Å². The molecule has 0 heterocycles. The van der Waals surface area contributed by atoms with Crippen molar-refractivity contribution < 1.29 is 19.4 Å². The second kappa shape index (κ2) is 7.44. The van der Waals surface area contributed by atoms with Gasteiger partial charge >= 0.3 is 0 Å². The highest BCUT2D eigenvalue weighted by Gasteiger charge is 2.20. The smallest absolute Gasteiger partial charge is 0.224 e. The van der Waals surface area contributed by atoms with Crippen LogP contribution in [0.15, 0.2) is 42.5 Å². The number of aliphatic hydroxyl groups is 1. The van der Waals surface area contributed by atoms with E-state index in [1.54, 1.807) is 19.1 Å². The molecule has 122 valence electrons. The van der Waals surface area contributed by atoms with Crippen molar-refractivity contribution in [1.82, 2.24) is 5.32 Å². The third kappa shape index (κ3) is 4.43. The predicted octanol–water partition coefficient (Wildman–Crippen LogP) is 2.97. The number of carbonyl (C=O) groups excluding carboxylic acids is 1. The summed E-state index contributed by atoms with van der Waals surface area (Å²) in [5.74, 6) is -0.895. The van der Waals surface area contributed by atoms with E-state index >= 15 is 0 Å². The van der Waals surface area contributed by atoms with Crippen molar-refractivity contribution in [2.75, 3.05) is 0 Å². The molecule has 0 unspecified atom stereocenters. The summed E-state index contributed by atoms with van der Waals surface area (Å²) in [7, 11) is 0. The van der Waals surface area contributed by atoms with Crippen LogP contribution in [0.2, 0.25) is 5.02 Å². The SMILES string of the molecule is C[C@H](NC(=O)Cc1c(F)cccc1Cl)[C@H](O)c1ccc(O)cc1. The average Bonchev–Trinajstić information content (AvgIpc) is 2.51. The first kappa shape index (κ1) is 17.2. The van der Waals surface area contributed by atoms with Gasteiger partial charge in [-0.3, -0.25) is 4.79 Å². The molecular weight excluding hydrogens is 321 g/mol. The van der Waals surface area contributed by atoms with Gasteiger partial charge in [-0.2, -0.15) is 0 Å². The zero-order chi connectivity index (χ0) is 17.0. The molecule has 0 saturated heterocycles. The number of aliphatic hydroxyl groups excluding tert-OH is 1. The monoisotopic (exact) mass is 337 g/mol. The van der Waals surface area contributed by atoms with Gasteiger partial charge < -0.3 is 15.5 Å². The number of hydrogen-bond acceptors (Lipinski definition) is 3. The molecule has 0 radical (unpaired) electrons. The first-order chi connectivity index (χ1) is 10.9. The molecule has 2 aromatic rings. The summed E-state index contributed by atoms with van der Waals surface area (Å²) < 4.78 is 13.7. The third-order valence-electron chi connectivity index (χ3n) is 3.50. The number of amides is 1. The third-order valence-corrected chi connectivity index (χ3v) is 3.85. The number of benzene rings is 2. The first-order valence-electron chi connectivity index (χ1n) is 7.07. The topological polar surface area (TPSA) is 69.6 Å². The van der Waals surface area contributed by atoms with Crippen molar-refractivity contribution in [1.29, 1.82) is 0 Å². The molecule has 2 aromatic carbocycles. The van der Waals surface area contributed by atoms with Crippen LogP contribution in [0.4, 0.5) is 4.39 Å². The molecule has 2 rings (SSSR count). The maximum atomic E-state index is 13.7. The Hall–Kier alpha value is -2.11. The van der Waals surface area contributed by atoms with Crippen LogP contribution in [0.25, 0.3) is 0 Å². The maximum absolute atomic E-state index is 13.7. The van der Waals surface area contributed by atoms with Crippen LogP contribution in [0.5, 0.6) is 5.75 Å². The fourth-order valence-corrected chi connectivity index (χ4v) is 2.44. The van der Waals surface area contributed by atoms with Crippen LogP contribution in [0, 0.1) is 5.82 Å². The lowest BCUT2D eigenvalue weighted by atomic mass is 10.0. The standard InChI is InChI=1S/C17H17ClFNO3/c1-10(17(23)11-5-7-12(21)8-6-11)20-16(22)9-13-14(18)3-2-4-15(13)19/h2-8,10,17,21,23H,9H2,1H3,(H,20,22)/t10-,17-/m0/s1. The highest BCUT2D eigenvalue weighted by atomic mass is 35.5. The molecule has 1 amide bonds. The average molecular weight is 338 g/mol. The molecule has 0 aliphatic carbocycles. The molecule has 0 fully saturated rings. The molecule has 0 bridgehead atoms. The van der Waals surface area contributed by atoms with Gasteiger partial charge in [0.1, 0.15) is 11.6 Å². The molecule has 6 heteroatoms. The normalized spacial score (nSPS) is 13.4. The highest BCUT2D eigenvalue weighted by Crippen LogP contribution is 2.21. The van der Waals surface area contributed by atoms with E-state index in [1.807, 2.05) is 0 Å². The predicted molar refractivity (Wildman–Crippen MR) is 85.8 cm³/mol. The van der Waals surface area contributed by atoms with Crippen LogP contribution in [-0.4, -0.2) is 22.2 Å². The van der Waals surface area contributed by atoms with Crippen molar-refractivity contribution in [2.45, 2.75) is 25.5 Å². The number of nitrogens with one attached hydrogen (secondary N) is 1. The fourth-order valence-electron chi connectivity index (χ4n) is 2.21. The minimum atomic E-state index is -0.948. The lowest BCUT2D eigenvalue weighted by Gasteiger charge is -2.21. The Morgan fingerprint density at radius 1 is 1.26 bits per heavy atom. The van der Waals surface area contributed by atoms with Gasteiger partial charge in [0.25, 0.3) is 0 Å². The summed E-state index contributed by atoms with van der Waals surface area (Å²) in [4.78, 5) is 12.0. The minimum Gasteiger partial charge on any atom is -0.508 e. The van der Waals surface area contributed by atoms with E-state index < -0.39 is 23.9 Å². The van der Waals surface area contributed by atoms with E-state index in [-0.39, 0.29) is 22.8 Å². The molecule has 0 aliphatic rings. The Balaban J connectivity index is 2.00.